The third-order valence-electron chi connectivity index (χ3n) is 4.70. The monoisotopic (exact) mass is 520 g/mol. The number of carbonyl (C=O) groups excluding carboxylic acids is 1. The van der Waals surface area contributed by atoms with Gasteiger partial charge in [0.25, 0.3) is 5.91 Å². The number of rotatable bonds is 7. The van der Waals surface area contributed by atoms with E-state index in [4.69, 9.17) is 46.4 Å². The van der Waals surface area contributed by atoms with Gasteiger partial charge in [0.1, 0.15) is 0 Å². The Bertz CT molecular complexity index is 1260. The van der Waals surface area contributed by atoms with Crippen LogP contribution in [0.1, 0.15) is 21.5 Å². The minimum atomic E-state index is -0.388. The van der Waals surface area contributed by atoms with Crippen LogP contribution in [0.15, 0.2) is 60.9 Å². The van der Waals surface area contributed by atoms with Crippen LogP contribution in [0, 0.1) is 0 Å². The van der Waals surface area contributed by atoms with Gasteiger partial charge in [-0.25, -0.2) is 0 Å². The van der Waals surface area contributed by atoms with E-state index in [0.717, 1.165) is 4.68 Å². The maximum Gasteiger partial charge on any atom is 0.281 e. The van der Waals surface area contributed by atoms with Crippen molar-refractivity contribution < 1.29 is 4.79 Å². The van der Waals surface area contributed by atoms with Crippen LogP contribution >= 0.6 is 46.4 Å². The summed E-state index contributed by atoms with van der Waals surface area (Å²) in [6, 6.07) is 13.6. The molecule has 2 aromatic carbocycles. The molecule has 7 nitrogen and oxygen atoms in total. The first-order chi connectivity index (χ1) is 15.9. The number of hydrogen-bond acceptors (Lipinski definition) is 6. The molecule has 0 aliphatic carbocycles. The molecular formula is C22H16Cl4N6O. The van der Waals surface area contributed by atoms with E-state index in [0.29, 0.717) is 36.8 Å². The Morgan fingerprint density at radius 1 is 0.788 bits per heavy atom. The van der Waals surface area contributed by atoms with Crippen molar-refractivity contribution in [3.05, 3.63) is 97.7 Å². The Hall–Kier alpha value is -2.84. The lowest BCUT2D eigenvalue weighted by molar-refractivity contribution is 0.0947. The molecule has 0 spiro atoms. The van der Waals surface area contributed by atoms with Crippen molar-refractivity contribution in [2.75, 3.05) is 10.6 Å². The molecule has 0 saturated carbocycles. The summed E-state index contributed by atoms with van der Waals surface area (Å²) in [6.45, 7) is 0.498. The van der Waals surface area contributed by atoms with Crippen molar-refractivity contribution in [3.63, 3.8) is 0 Å². The molecule has 0 amide bonds. The van der Waals surface area contributed by atoms with Gasteiger partial charge in [-0.1, -0.05) is 58.5 Å². The number of carbonyl (C=O) groups is 1. The summed E-state index contributed by atoms with van der Waals surface area (Å²) in [5, 5.41) is 12.5. The average molecular weight is 522 g/mol. The summed E-state index contributed by atoms with van der Waals surface area (Å²) >= 11 is 25.0. The van der Waals surface area contributed by atoms with Gasteiger partial charge in [0, 0.05) is 62.3 Å². The third kappa shape index (κ3) is 5.39. The van der Waals surface area contributed by atoms with Gasteiger partial charge < -0.3 is 10.6 Å². The van der Waals surface area contributed by atoms with E-state index in [1.54, 1.807) is 48.5 Å². The SMILES string of the molecule is O=C(c1ccncc1)n1nc(NCc2c(Cl)cccc2Cl)nc1NCc1c(Cl)cccc1Cl. The van der Waals surface area contributed by atoms with Gasteiger partial charge in [-0.05, 0) is 36.4 Å². The van der Waals surface area contributed by atoms with Crippen molar-refractivity contribution >= 4 is 64.2 Å². The Morgan fingerprint density at radius 3 is 1.85 bits per heavy atom. The molecule has 4 aromatic rings. The van der Waals surface area contributed by atoms with Gasteiger partial charge in [0.2, 0.25) is 11.9 Å². The first-order valence-corrected chi connectivity index (χ1v) is 11.2. The van der Waals surface area contributed by atoms with Gasteiger partial charge in [0.05, 0.1) is 0 Å². The minimum absolute atomic E-state index is 0.209. The Balaban J connectivity index is 1.62. The van der Waals surface area contributed by atoms with Gasteiger partial charge in [0.15, 0.2) is 0 Å². The zero-order chi connectivity index (χ0) is 23.4. The molecule has 0 bridgehead atoms. The fraction of sp³-hybridized carbons (Fsp3) is 0.0909. The lowest BCUT2D eigenvalue weighted by Gasteiger charge is -2.09. The summed E-state index contributed by atoms with van der Waals surface area (Å²) in [4.78, 5) is 21.4. The van der Waals surface area contributed by atoms with Gasteiger partial charge in [-0.3, -0.25) is 9.78 Å². The van der Waals surface area contributed by atoms with Crippen LogP contribution in [-0.2, 0) is 13.1 Å². The van der Waals surface area contributed by atoms with Crippen LogP contribution in [-0.4, -0.2) is 25.7 Å². The molecule has 0 radical (unpaired) electrons. The quantitative estimate of drug-likeness (QED) is 0.301. The molecule has 11 heteroatoms. The number of halogens is 4. The van der Waals surface area contributed by atoms with Crippen LogP contribution in [0.3, 0.4) is 0 Å². The zero-order valence-corrected chi connectivity index (χ0v) is 19.9. The van der Waals surface area contributed by atoms with Gasteiger partial charge in [-0.15, -0.1) is 5.10 Å². The molecule has 0 aliphatic heterocycles. The summed E-state index contributed by atoms with van der Waals surface area (Å²) < 4.78 is 1.16. The van der Waals surface area contributed by atoms with Crippen molar-refractivity contribution in [1.29, 1.82) is 0 Å². The summed E-state index contributed by atoms with van der Waals surface area (Å²) in [5.41, 5.74) is 1.76. The second kappa shape index (κ2) is 10.4. The second-order valence-corrected chi connectivity index (χ2v) is 8.45. The van der Waals surface area contributed by atoms with E-state index in [1.807, 2.05) is 0 Å². The number of nitrogens with zero attached hydrogens (tertiary/aromatic N) is 4. The average Bonchev–Trinajstić information content (AvgIpc) is 3.21. The molecule has 168 valence electrons. The molecule has 0 fully saturated rings. The van der Waals surface area contributed by atoms with Crippen molar-refractivity contribution in [2.24, 2.45) is 0 Å². The number of hydrogen-bond donors (Lipinski definition) is 2. The van der Waals surface area contributed by atoms with Crippen LogP contribution in [0.2, 0.25) is 20.1 Å². The summed E-state index contributed by atoms with van der Waals surface area (Å²) in [6.07, 6.45) is 3.05. The maximum atomic E-state index is 13.1. The topological polar surface area (TPSA) is 84.7 Å². The number of aromatic nitrogens is 4. The third-order valence-corrected chi connectivity index (χ3v) is 6.11. The highest BCUT2D eigenvalue weighted by Gasteiger charge is 2.19. The molecule has 0 aliphatic rings. The van der Waals surface area contributed by atoms with E-state index in [2.05, 4.69) is 25.7 Å². The van der Waals surface area contributed by atoms with Crippen LogP contribution < -0.4 is 10.6 Å². The summed E-state index contributed by atoms with van der Waals surface area (Å²) in [7, 11) is 0. The molecule has 0 saturated heterocycles. The van der Waals surface area contributed by atoms with E-state index in [-0.39, 0.29) is 30.9 Å². The highest BCUT2D eigenvalue weighted by Crippen LogP contribution is 2.27. The molecule has 2 N–H and O–H groups in total. The van der Waals surface area contributed by atoms with E-state index >= 15 is 0 Å². The lowest BCUT2D eigenvalue weighted by Crippen LogP contribution is -2.18. The smallest absolute Gasteiger partial charge is 0.281 e. The molecule has 0 atom stereocenters. The van der Waals surface area contributed by atoms with Crippen LogP contribution in [0.25, 0.3) is 0 Å². The molecule has 2 aromatic heterocycles. The number of pyridine rings is 1. The Morgan fingerprint density at radius 2 is 1.30 bits per heavy atom. The largest absolute Gasteiger partial charge is 0.350 e. The van der Waals surface area contributed by atoms with Gasteiger partial charge >= 0.3 is 0 Å². The minimum Gasteiger partial charge on any atom is -0.350 e. The van der Waals surface area contributed by atoms with E-state index < -0.39 is 0 Å². The molecule has 2 heterocycles. The second-order valence-electron chi connectivity index (χ2n) is 6.82. The molecule has 0 unspecified atom stereocenters. The first kappa shape index (κ1) is 23.3. The normalized spacial score (nSPS) is 10.8. The van der Waals surface area contributed by atoms with E-state index in [1.165, 1.54) is 12.4 Å². The molecule has 4 rings (SSSR count). The number of benzene rings is 2. The van der Waals surface area contributed by atoms with Crippen molar-refractivity contribution in [1.82, 2.24) is 19.7 Å². The fourth-order valence-electron chi connectivity index (χ4n) is 3.00. The van der Waals surface area contributed by atoms with Crippen molar-refractivity contribution in [3.8, 4) is 0 Å². The molecule has 33 heavy (non-hydrogen) atoms. The highest BCUT2D eigenvalue weighted by molar-refractivity contribution is 6.36. The highest BCUT2D eigenvalue weighted by atomic mass is 35.5. The number of anilines is 2. The first-order valence-electron chi connectivity index (χ1n) is 9.69. The summed E-state index contributed by atoms with van der Waals surface area (Å²) in [5.74, 6) is 0.0307. The molecular weight excluding hydrogens is 506 g/mol. The zero-order valence-electron chi connectivity index (χ0n) is 16.9. The number of nitrogens with one attached hydrogen (secondary N) is 2. The van der Waals surface area contributed by atoms with E-state index in [9.17, 15) is 4.79 Å². The Labute approximate surface area is 209 Å². The van der Waals surface area contributed by atoms with Crippen molar-refractivity contribution in [2.45, 2.75) is 13.1 Å². The van der Waals surface area contributed by atoms with Gasteiger partial charge in [-0.2, -0.15) is 9.67 Å². The standard InChI is InChI=1S/C22H16Cl4N6O/c23-16-3-1-4-17(24)14(16)11-28-21-30-22(29-12-15-18(25)5-2-6-19(15)26)32(31-21)20(33)13-7-9-27-10-8-13/h1-10H,11-12H2,(H2,28,29,30,31). The fourth-order valence-corrected chi connectivity index (χ4v) is 4.06. The lowest BCUT2D eigenvalue weighted by atomic mass is 10.2. The predicted octanol–water partition coefficient (Wildman–Crippen LogP) is 6.20. The Kier molecular flexibility index (Phi) is 7.35. The predicted molar refractivity (Wildman–Crippen MR) is 132 cm³/mol. The van der Waals surface area contributed by atoms with Crippen LogP contribution in [0.4, 0.5) is 11.9 Å². The maximum absolute atomic E-state index is 13.1. The van der Waals surface area contributed by atoms with Crippen LogP contribution in [0.5, 0.6) is 0 Å².